The third kappa shape index (κ3) is 3.97. The van der Waals surface area contributed by atoms with Crippen LogP contribution in [0.1, 0.15) is 16.8 Å². The van der Waals surface area contributed by atoms with Crippen LogP contribution in [0.5, 0.6) is 0 Å². The van der Waals surface area contributed by atoms with E-state index < -0.39 is 6.10 Å². The van der Waals surface area contributed by atoms with Crippen molar-refractivity contribution < 1.29 is 5.11 Å². The Bertz CT molecular complexity index is 1070. The molecule has 3 heterocycles. The fraction of sp³-hybridized carbons (Fsp3) is 0.250. The molecule has 3 N–H and O–H groups in total. The van der Waals surface area contributed by atoms with Crippen LogP contribution in [-0.2, 0) is 6.42 Å². The first-order valence-electron chi connectivity index (χ1n) is 9.14. The number of aromatic nitrogens is 3. The van der Waals surface area contributed by atoms with Crippen molar-refractivity contribution in [1.82, 2.24) is 25.2 Å². The van der Waals surface area contributed by atoms with Gasteiger partial charge in [0.25, 0.3) is 0 Å². The van der Waals surface area contributed by atoms with E-state index in [4.69, 9.17) is 0 Å². The number of benzene rings is 1. The Hall–Kier alpha value is -2.97. The number of nitrogens with one attached hydrogen (secondary N) is 2. The predicted octanol–water partition coefficient (Wildman–Crippen LogP) is 2.39. The summed E-state index contributed by atoms with van der Waals surface area (Å²) >= 11 is 1.61. The van der Waals surface area contributed by atoms with Crippen molar-refractivity contribution in [2.24, 2.45) is 4.99 Å². The molecule has 3 aromatic heterocycles. The molecule has 4 rings (SSSR count). The van der Waals surface area contributed by atoms with E-state index in [2.05, 4.69) is 38.0 Å². The number of pyridine rings is 1. The van der Waals surface area contributed by atoms with Crippen LogP contribution in [-0.4, -0.2) is 45.8 Å². The Kier molecular flexibility index (Phi) is 5.50. The second-order valence-corrected chi connectivity index (χ2v) is 7.49. The second-order valence-electron chi connectivity index (χ2n) is 6.38. The van der Waals surface area contributed by atoms with Crippen LogP contribution < -0.4 is 10.6 Å². The number of hydrogen-bond donors (Lipinski definition) is 3. The van der Waals surface area contributed by atoms with Crippen molar-refractivity contribution in [2.45, 2.75) is 12.5 Å². The number of thiophene rings is 1. The molecule has 1 atom stereocenters. The number of fused-ring (bicyclic) bond motifs is 2. The average Bonchev–Trinajstić information content (AvgIpc) is 3.34. The molecule has 0 aliphatic heterocycles. The van der Waals surface area contributed by atoms with E-state index in [0.717, 1.165) is 21.7 Å². The lowest BCUT2D eigenvalue weighted by atomic mass is 10.2. The highest BCUT2D eigenvalue weighted by molar-refractivity contribution is 7.19. The Morgan fingerprint density at radius 2 is 2.04 bits per heavy atom. The van der Waals surface area contributed by atoms with Gasteiger partial charge in [-0.05, 0) is 29.7 Å². The lowest BCUT2D eigenvalue weighted by molar-refractivity contribution is 0.184. The maximum Gasteiger partial charge on any atom is 0.191 e. The van der Waals surface area contributed by atoms with Crippen LogP contribution in [0.2, 0.25) is 0 Å². The maximum absolute atomic E-state index is 10.5. The van der Waals surface area contributed by atoms with Gasteiger partial charge in [-0.2, -0.15) is 0 Å². The number of rotatable bonds is 6. The normalized spacial score (nSPS) is 13.1. The average molecular weight is 395 g/mol. The first-order valence-corrected chi connectivity index (χ1v) is 9.96. The molecule has 0 bridgehead atoms. The van der Waals surface area contributed by atoms with Crippen LogP contribution in [0.25, 0.3) is 15.7 Å². The molecule has 144 valence electrons. The summed E-state index contributed by atoms with van der Waals surface area (Å²) in [4.78, 5) is 5.17. The van der Waals surface area contributed by atoms with Gasteiger partial charge in [-0.3, -0.25) is 9.39 Å². The van der Waals surface area contributed by atoms with Gasteiger partial charge in [0.05, 0.1) is 0 Å². The number of aliphatic hydroxyl groups is 1. The van der Waals surface area contributed by atoms with Crippen LogP contribution in [0.4, 0.5) is 0 Å². The minimum absolute atomic E-state index is 0.389. The number of guanidine groups is 1. The molecule has 0 spiro atoms. The van der Waals surface area contributed by atoms with Gasteiger partial charge in [-0.25, -0.2) is 0 Å². The molecule has 4 aromatic rings. The molecule has 28 heavy (non-hydrogen) atoms. The molecule has 0 saturated carbocycles. The van der Waals surface area contributed by atoms with Crippen LogP contribution in [0, 0.1) is 0 Å². The summed E-state index contributed by atoms with van der Waals surface area (Å²) in [5, 5.41) is 26.5. The topological polar surface area (TPSA) is 86.8 Å². The molecular formula is C20H22N6OS. The zero-order chi connectivity index (χ0) is 19.3. The van der Waals surface area contributed by atoms with Crippen molar-refractivity contribution in [3.8, 4) is 0 Å². The standard InChI is InChI=1S/C20H22N6OS/c1-21-20(22-10-9-19-25-24-18-8-4-5-11-26(18)19)23-13-15(27)17-12-14-6-2-3-7-16(14)28-17/h2-8,11-12,15,27H,9-10,13H2,1H3,(H2,21,22,23). The van der Waals surface area contributed by atoms with Gasteiger partial charge >= 0.3 is 0 Å². The third-order valence-corrected chi connectivity index (χ3v) is 5.70. The van der Waals surface area contributed by atoms with Gasteiger partial charge in [0.15, 0.2) is 11.6 Å². The van der Waals surface area contributed by atoms with Crippen molar-refractivity contribution in [3.63, 3.8) is 0 Å². The smallest absolute Gasteiger partial charge is 0.191 e. The van der Waals surface area contributed by atoms with E-state index in [0.29, 0.717) is 25.5 Å². The summed E-state index contributed by atoms with van der Waals surface area (Å²) in [7, 11) is 1.72. The monoisotopic (exact) mass is 394 g/mol. The second kappa shape index (κ2) is 8.37. The molecule has 7 nitrogen and oxygen atoms in total. The third-order valence-electron chi connectivity index (χ3n) is 4.48. The van der Waals surface area contributed by atoms with E-state index in [-0.39, 0.29) is 0 Å². The van der Waals surface area contributed by atoms with Gasteiger partial charge in [0.2, 0.25) is 0 Å². The van der Waals surface area contributed by atoms with E-state index in [1.165, 1.54) is 4.70 Å². The van der Waals surface area contributed by atoms with Gasteiger partial charge < -0.3 is 15.7 Å². The van der Waals surface area contributed by atoms with Crippen LogP contribution in [0.3, 0.4) is 0 Å². The zero-order valence-corrected chi connectivity index (χ0v) is 16.4. The molecule has 0 aliphatic carbocycles. The first-order chi connectivity index (χ1) is 13.7. The van der Waals surface area contributed by atoms with Crippen LogP contribution in [0.15, 0.2) is 59.7 Å². The molecule has 1 unspecified atom stereocenters. The minimum Gasteiger partial charge on any atom is -0.386 e. The molecule has 0 radical (unpaired) electrons. The first kappa shape index (κ1) is 18.4. The maximum atomic E-state index is 10.5. The Morgan fingerprint density at radius 3 is 2.89 bits per heavy atom. The number of aliphatic imine (C=N–C) groups is 1. The Labute approximate surface area is 166 Å². The van der Waals surface area contributed by atoms with Gasteiger partial charge in [0, 0.05) is 42.3 Å². The minimum atomic E-state index is -0.587. The summed E-state index contributed by atoms with van der Waals surface area (Å²) in [6.07, 6.45) is 2.08. The highest BCUT2D eigenvalue weighted by atomic mass is 32.1. The molecular weight excluding hydrogens is 372 g/mol. The molecule has 8 heteroatoms. The lowest BCUT2D eigenvalue weighted by Gasteiger charge is -2.14. The molecule has 1 aromatic carbocycles. The molecule has 0 amide bonds. The zero-order valence-electron chi connectivity index (χ0n) is 15.5. The van der Waals surface area contributed by atoms with Crippen molar-refractivity contribution in [3.05, 3.63) is 65.4 Å². The summed E-state index contributed by atoms with van der Waals surface area (Å²) in [5.41, 5.74) is 0.839. The number of hydrogen-bond acceptors (Lipinski definition) is 5. The lowest BCUT2D eigenvalue weighted by Crippen LogP contribution is -2.40. The van der Waals surface area contributed by atoms with Crippen molar-refractivity contribution in [1.29, 1.82) is 0 Å². The van der Waals surface area contributed by atoms with E-state index >= 15 is 0 Å². The van der Waals surface area contributed by atoms with Crippen molar-refractivity contribution >= 4 is 33.0 Å². The highest BCUT2D eigenvalue weighted by Gasteiger charge is 2.12. The predicted molar refractivity (Wildman–Crippen MR) is 113 cm³/mol. The fourth-order valence-electron chi connectivity index (χ4n) is 3.04. The summed E-state index contributed by atoms with van der Waals surface area (Å²) in [6, 6.07) is 16.0. The van der Waals surface area contributed by atoms with E-state index in [1.807, 2.05) is 47.0 Å². The molecule has 0 aliphatic rings. The fourth-order valence-corrected chi connectivity index (χ4v) is 4.09. The largest absolute Gasteiger partial charge is 0.386 e. The molecule has 0 saturated heterocycles. The van der Waals surface area contributed by atoms with Crippen LogP contribution >= 0.6 is 11.3 Å². The quantitative estimate of drug-likeness (QED) is 0.345. The SMILES string of the molecule is CN=C(NCCc1nnc2ccccn12)NCC(O)c1cc2ccccc2s1. The summed E-state index contributed by atoms with van der Waals surface area (Å²) in [6.45, 7) is 1.05. The van der Waals surface area contributed by atoms with Gasteiger partial charge in [0.1, 0.15) is 11.9 Å². The van der Waals surface area contributed by atoms with Crippen molar-refractivity contribution in [2.75, 3.05) is 20.1 Å². The molecule has 0 fully saturated rings. The highest BCUT2D eigenvalue weighted by Crippen LogP contribution is 2.29. The van der Waals surface area contributed by atoms with E-state index in [9.17, 15) is 5.11 Å². The van der Waals surface area contributed by atoms with Gasteiger partial charge in [-0.1, -0.05) is 24.3 Å². The van der Waals surface area contributed by atoms with Gasteiger partial charge in [-0.15, -0.1) is 21.5 Å². The number of nitrogens with zero attached hydrogens (tertiary/aromatic N) is 4. The van der Waals surface area contributed by atoms with E-state index in [1.54, 1.807) is 18.4 Å². The summed E-state index contributed by atoms with van der Waals surface area (Å²) < 4.78 is 3.16. The number of aliphatic hydroxyl groups excluding tert-OH is 1. The Balaban J connectivity index is 1.29. The summed E-state index contributed by atoms with van der Waals surface area (Å²) in [5.74, 6) is 1.54. The Morgan fingerprint density at radius 1 is 1.18 bits per heavy atom.